The van der Waals surface area contributed by atoms with E-state index in [0.717, 1.165) is 21.2 Å². The highest BCUT2D eigenvalue weighted by Crippen LogP contribution is 2.43. The van der Waals surface area contributed by atoms with Gasteiger partial charge in [0.25, 0.3) is 5.91 Å². The van der Waals surface area contributed by atoms with Crippen molar-refractivity contribution in [3.05, 3.63) is 100 Å². The lowest BCUT2D eigenvalue weighted by atomic mass is 9.82. The van der Waals surface area contributed by atoms with Gasteiger partial charge in [-0.1, -0.05) is 64.5 Å². The molecule has 0 aliphatic carbocycles. The quantitative estimate of drug-likeness (QED) is 0.282. The lowest BCUT2D eigenvalue weighted by molar-refractivity contribution is -0.129. The zero-order chi connectivity index (χ0) is 26.8. The van der Waals surface area contributed by atoms with Crippen LogP contribution in [0.4, 0.5) is 0 Å². The van der Waals surface area contributed by atoms with Crippen LogP contribution < -0.4 is 10.1 Å². The predicted octanol–water partition coefficient (Wildman–Crippen LogP) is 4.86. The van der Waals surface area contributed by atoms with Crippen LogP contribution in [0.3, 0.4) is 0 Å². The summed E-state index contributed by atoms with van der Waals surface area (Å²) in [6, 6.07) is 25.1. The normalized spacial score (nSPS) is 18.5. The summed E-state index contributed by atoms with van der Waals surface area (Å²) in [7, 11) is 1.64. The smallest absolute Gasteiger partial charge is 0.252 e. The molecule has 0 saturated carbocycles. The molecule has 1 aliphatic rings. The number of benzene rings is 3. The average molecular weight is 582 g/mol. The standard InChI is InChI=1S/C30H33BrN2O5/c1-36-19-7-17-32-29(35)30(21-24-11-5-6-12-26(24)31)27(22-9-3-2-4-10-22)38-28(33-30)23-13-15-25(16-14-23)37-20-8-18-34/h2-6,9-16,27,34H,7-8,17-21H2,1H3,(H,32,35)/t27-,30-/m1/s1. The van der Waals surface area contributed by atoms with E-state index in [1.54, 1.807) is 7.11 Å². The molecule has 2 N–H and O–H groups in total. The van der Waals surface area contributed by atoms with Crippen LogP contribution in [0.15, 0.2) is 88.3 Å². The molecule has 0 spiro atoms. The number of carbonyl (C=O) groups excluding carboxylic acids is 1. The number of ether oxygens (including phenoxy) is 3. The maximum Gasteiger partial charge on any atom is 0.252 e. The highest BCUT2D eigenvalue weighted by atomic mass is 79.9. The fourth-order valence-corrected chi connectivity index (χ4v) is 4.84. The van der Waals surface area contributed by atoms with E-state index in [4.69, 9.17) is 24.3 Å². The summed E-state index contributed by atoms with van der Waals surface area (Å²) in [4.78, 5) is 19.1. The van der Waals surface area contributed by atoms with E-state index < -0.39 is 11.6 Å². The van der Waals surface area contributed by atoms with Gasteiger partial charge in [0.15, 0.2) is 11.6 Å². The van der Waals surface area contributed by atoms with Crippen molar-refractivity contribution >= 4 is 27.7 Å². The van der Waals surface area contributed by atoms with Crippen LogP contribution in [0.25, 0.3) is 0 Å². The van der Waals surface area contributed by atoms with E-state index in [0.29, 0.717) is 50.7 Å². The number of carbonyl (C=O) groups is 1. The van der Waals surface area contributed by atoms with E-state index >= 15 is 0 Å². The van der Waals surface area contributed by atoms with Gasteiger partial charge in [0, 0.05) is 49.7 Å². The lowest BCUT2D eigenvalue weighted by Crippen LogP contribution is -2.50. The average Bonchev–Trinajstić information content (AvgIpc) is 3.34. The topological polar surface area (TPSA) is 89.4 Å². The number of hydrogen-bond donors (Lipinski definition) is 2. The van der Waals surface area contributed by atoms with Gasteiger partial charge in [-0.05, 0) is 47.9 Å². The molecule has 0 fully saturated rings. The Morgan fingerprint density at radius 3 is 2.47 bits per heavy atom. The maximum atomic E-state index is 14.0. The number of halogens is 1. The summed E-state index contributed by atoms with van der Waals surface area (Å²) in [5.41, 5.74) is 1.35. The first kappa shape index (κ1) is 27.8. The van der Waals surface area contributed by atoms with E-state index in [9.17, 15) is 4.79 Å². The van der Waals surface area contributed by atoms with Crippen LogP contribution in [-0.2, 0) is 20.7 Å². The predicted molar refractivity (Wildman–Crippen MR) is 151 cm³/mol. The van der Waals surface area contributed by atoms with E-state index in [1.807, 2.05) is 78.9 Å². The van der Waals surface area contributed by atoms with Gasteiger partial charge >= 0.3 is 0 Å². The van der Waals surface area contributed by atoms with Crippen molar-refractivity contribution in [2.45, 2.75) is 30.9 Å². The Morgan fingerprint density at radius 2 is 1.76 bits per heavy atom. The zero-order valence-electron chi connectivity index (χ0n) is 21.4. The van der Waals surface area contributed by atoms with Crippen molar-refractivity contribution in [3.63, 3.8) is 0 Å². The highest BCUT2D eigenvalue weighted by Gasteiger charge is 2.53. The van der Waals surface area contributed by atoms with Crippen LogP contribution in [0, 0.1) is 0 Å². The molecule has 8 heteroatoms. The van der Waals surface area contributed by atoms with Gasteiger partial charge in [-0.25, -0.2) is 4.99 Å². The second-order valence-electron chi connectivity index (χ2n) is 9.07. The molecule has 0 bridgehead atoms. The van der Waals surface area contributed by atoms with Gasteiger partial charge in [-0.3, -0.25) is 4.79 Å². The Hall–Kier alpha value is -3.20. The van der Waals surface area contributed by atoms with Crippen LogP contribution in [0.5, 0.6) is 5.75 Å². The molecular formula is C30H33BrN2O5. The van der Waals surface area contributed by atoms with Gasteiger partial charge in [0.1, 0.15) is 5.75 Å². The minimum atomic E-state index is -1.23. The Kier molecular flexibility index (Phi) is 9.92. The third-order valence-corrected chi connectivity index (χ3v) is 7.13. The number of aliphatic hydroxyl groups excluding tert-OH is 1. The number of methoxy groups -OCH3 is 1. The SMILES string of the molecule is COCCCNC(=O)[C@]1(Cc2ccccc2Br)N=C(c2ccc(OCCCO)cc2)O[C@@H]1c1ccccc1. The third-order valence-electron chi connectivity index (χ3n) is 6.36. The summed E-state index contributed by atoms with van der Waals surface area (Å²) in [5, 5.41) is 12.1. The van der Waals surface area contributed by atoms with Gasteiger partial charge in [-0.2, -0.15) is 0 Å². The van der Waals surface area contributed by atoms with Gasteiger partial charge in [0.05, 0.1) is 6.61 Å². The van der Waals surface area contributed by atoms with Crippen molar-refractivity contribution in [3.8, 4) is 5.75 Å². The van der Waals surface area contributed by atoms with E-state index in [-0.39, 0.29) is 12.5 Å². The molecule has 1 aliphatic heterocycles. The molecule has 7 nitrogen and oxygen atoms in total. The van der Waals surface area contributed by atoms with Crippen molar-refractivity contribution in [1.82, 2.24) is 5.32 Å². The molecular weight excluding hydrogens is 548 g/mol. The van der Waals surface area contributed by atoms with E-state index in [1.165, 1.54) is 0 Å². The number of aliphatic hydroxyl groups is 1. The second kappa shape index (κ2) is 13.6. The molecule has 4 rings (SSSR count). The number of amides is 1. The third kappa shape index (κ3) is 6.62. The molecule has 38 heavy (non-hydrogen) atoms. The van der Waals surface area contributed by atoms with Crippen LogP contribution in [0.2, 0.25) is 0 Å². The molecule has 0 aromatic heterocycles. The number of hydrogen-bond acceptors (Lipinski definition) is 6. The molecule has 0 radical (unpaired) electrons. The largest absolute Gasteiger partial charge is 0.494 e. The van der Waals surface area contributed by atoms with Crippen molar-refractivity contribution < 1.29 is 24.1 Å². The number of nitrogens with one attached hydrogen (secondary N) is 1. The highest BCUT2D eigenvalue weighted by molar-refractivity contribution is 9.10. The first-order valence-electron chi connectivity index (χ1n) is 12.7. The maximum absolute atomic E-state index is 14.0. The molecule has 3 aromatic carbocycles. The number of rotatable bonds is 13. The molecule has 2 atom stereocenters. The minimum absolute atomic E-state index is 0.0801. The monoisotopic (exact) mass is 580 g/mol. The summed E-state index contributed by atoms with van der Waals surface area (Å²) < 4.78 is 18.3. The molecule has 3 aromatic rings. The van der Waals surface area contributed by atoms with Gasteiger partial charge < -0.3 is 24.6 Å². The Bertz CT molecular complexity index is 1220. The molecule has 0 saturated heterocycles. The van der Waals surface area contributed by atoms with Crippen molar-refractivity contribution in [1.29, 1.82) is 0 Å². The first-order valence-corrected chi connectivity index (χ1v) is 13.5. The molecule has 0 unspecified atom stereocenters. The van der Waals surface area contributed by atoms with Crippen molar-refractivity contribution in [2.75, 3.05) is 33.5 Å². The summed E-state index contributed by atoms with van der Waals surface area (Å²) >= 11 is 3.65. The first-order chi connectivity index (χ1) is 18.6. The van der Waals surface area contributed by atoms with Gasteiger partial charge in [-0.15, -0.1) is 0 Å². The zero-order valence-corrected chi connectivity index (χ0v) is 23.0. The Morgan fingerprint density at radius 1 is 1.03 bits per heavy atom. The van der Waals surface area contributed by atoms with Crippen LogP contribution in [0.1, 0.15) is 35.6 Å². The minimum Gasteiger partial charge on any atom is -0.494 e. The van der Waals surface area contributed by atoms with Gasteiger partial charge in [0.2, 0.25) is 5.90 Å². The van der Waals surface area contributed by atoms with Crippen LogP contribution in [-0.4, -0.2) is 55.9 Å². The summed E-state index contributed by atoms with van der Waals surface area (Å²) in [5.74, 6) is 0.896. The fraction of sp³-hybridized carbons (Fsp3) is 0.333. The molecule has 1 amide bonds. The molecule has 200 valence electrons. The number of nitrogens with zero attached hydrogens (tertiary/aromatic N) is 1. The fourth-order valence-electron chi connectivity index (χ4n) is 4.41. The number of aliphatic imine (C=N–C) groups is 1. The molecule has 1 heterocycles. The lowest BCUT2D eigenvalue weighted by Gasteiger charge is -2.31. The summed E-state index contributed by atoms with van der Waals surface area (Å²) in [6.45, 7) is 1.53. The Balaban J connectivity index is 1.73. The van der Waals surface area contributed by atoms with Crippen LogP contribution >= 0.6 is 15.9 Å². The van der Waals surface area contributed by atoms with E-state index in [2.05, 4.69) is 21.2 Å². The summed E-state index contributed by atoms with van der Waals surface area (Å²) in [6.07, 6.45) is 0.968. The Labute approximate surface area is 232 Å². The van der Waals surface area contributed by atoms with Crippen molar-refractivity contribution in [2.24, 2.45) is 4.99 Å². The second-order valence-corrected chi connectivity index (χ2v) is 9.92.